The Hall–Kier alpha value is -1.55. The van der Waals surface area contributed by atoms with E-state index in [0.29, 0.717) is 5.91 Å². The summed E-state index contributed by atoms with van der Waals surface area (Å²) in [6.45, 7) is 4.13. The number of methoxy groups -OCH3 is 1. The number of hydrogen-bond acceptors (Lipinski definition) is 3. The van der Waals surface area contributed by atoms with Crippen LogP contribution in [-0.4, -0.2) is 44.1 Å². The molecule has 4 rings (SSSR count). The lowest BCUT2D eigenvalue weighted by Gasteiger charge is -2.40. The van der Waals surface area contributed by atoms with E-state index in [9.17, 15) is 4.79 Å². The average Bonchev–Trinajstić information content (AvgIpc) is 3.06. The molecule has 3 fully saturated rings. The molecule has 0 radical (unpaired) electrons. The topological polar surface area (TPSA) is 41.6 Å². The molecule has 142 valence electrons. The van der Waals surface area contributed by atoms with Gasteiger partial charge in [-0.2, -0.15) is 0 Å². The van der Waals surface area contributed by atoms with Crippen molar-refractivity contribution in [3.05, 3.63) is 29.8 Å². The molecule has 0 unspecified atom stereocenters. The number of nitrogens with zero attached hydrogens (tertiary/aromatic N) is 1. The van der Waals surface area contributed by atoms with Gasteiger partial charge in [0.15, 0.2) is 0 Å². The summed E-state index contributed by atoms with van der Waals surface area (Å²) in [5.41, 5.74) is 0.872. The maximum atomic E-state index is 13.8. The lowest BCUT2D eigenvalue weighted by molar-refractivity contribution is -0.139. The molecule has 0 bridgehead atoms. The minimum absolute atomic E-state index is 0.317. The van der Waals surface area contributed by atoms with Gasteiger partial charge in [0.2, 0.25) is 5.91 Å². The standard InChI is InChI=1S/C22H32N2O2/c1-26-20-7-5-19(6-8-20)22(11-3-2-4-12-22)21(25)24-13-9-17-15-23-16-18(17)10-14-24/h5-8,17-18,23H,2-4,9-16H2,1H3/t17-,18+. The molecule has 26 heavy (non-hydrogen) atoms. The molecule has 3 aliphatic rings. The Morgan fingerprint density at radius 3 is 2.23 bits per heavy atom. The van der Waals surface area contributed by atoms with Crippen molar-refractivity contribution in [2.24, 2.45) is 11.8 Å². The molecule has 1 amide bonds. The van der Waals surface area contributed by atoms with Crippen LogP contribution in [0.2, 0.25) is 0 Å². The van der Waals surface area contributed by atoms with Crippen LogP contribution in [0.1, 0.15) is 50.5 Å². The first-order valence-corrected chi connectivity index (χ1v) is 10.4. The second-order valence-electron chi connectivity index (χ2n) is 8.42. The lowest BCUT2D eigenvalue weighted by atomic mass is 9.68. The zero-order valence-electron chi connectivity index (χ0n) is 16.0. The van der Waals surface area contributed by atoms with E-state index in [1.54, 1.807) is 7.11 Å². The minimum Gasteiger partial charge on any atom is -0.497 e. The van der Waals surface area contributed by atoms with Crippen molar-refractivity contribution >= 4 is 5.91 Å². The first-order valence-electron chi connectivity index (χ1n) is 10.4. The third kappa shape index (κ3) is 3.24. The summed E-state index contributed by atoms with van der Waals surface area (Å²) in [5.74, 6) is 2.77. The number of hydrogen-bond donors (Lipinski definition) is 1. The molecule has 0 aromatic heterocycles. The highest BCUT2D eigenvalue weighted by atomic mass is 16.5. The van der Waals surface area contributed by atoms with Gasteiger partial charge in [-0.3, -0.25) is 4.79 Å². The monoisotopic (exact) mass is 356 g/mol. The zero-order valence-corrected chi connectivity index (χ0v) is 16.0. The molecule has 2 aliphatic heterocycles. The van der Waals surface area contributed by atoms with Crippen molar-refractivity contribution in [3.8, 4) is 5.75 Å². The maximum Gasteiger partial charge on any atom is 0.233 e. The van der Waals surface area contributed by atoms with Crippen LogP contribution in [0, 0.1) is 11.8 Å². The smallest absolute Gasteiger partial charge is 0.233 e. The molecular formula is C22H32N2O2. The SMILES string of the molecule is COc1ccc(C2(C(=O)N3CC[C@@H]4CNC[C@@H]4CC3)CCCCC2)cc1. The molecule has 2 saturated heterocycles. The Labute approximate surface area is 157 Å². The number of carbonyl (C=O) groups is 1. The highest BCUT2D eigenvalue weighted by Gasteiger charge is 2.44. The van der Waals surface area contributed by atoms with Crippen LogP contribution in [0.5, 0.6) is 5.75 Å². The number of amides is 1. The number of benzene rings is 1. The van der Waals surface area contributed by atoms with Crippen LogP contribution in [0.15, 0.2) is 24.3 Å². The summed E-state index contributed by atoms with van der Waals surface area (Å²) in [6.07, 6.45) is 7.85. The Balaban J connectivity index is 1.58. The van der Waals surface area contributed by atoms with Crippen LogP contribution in [0.3, 0.4) is 0 Å². The predicted molar refractivity (Wildman–Crippen MR) is 103 cm³/mol. The van der Waals surface area contributed by atoms with Crippen LogP contribution < -0.4 is 10.1 Å². The normalized spacial score (nSPS) is 28.3. The number of fused-ring (bicyclic) bond motifs is 1. The fourth-order valence-corrected chi connectivity index (χ4v) is 5.42. The lowest BCUT2D eigenvalue weighted by Crippen LogP contribution is -2.48. The van der Waals surface area contributed by atoms with Gasteiger partial charge in [0.1, 0.15) is 5.75 Å². The molecule has 4 heteroatoms. The molecule has 1 saturated carbocycles. The molecule has 1 aliphatic carbocycles. The van der Waals surface area contributed by atoms with Crippen molar-refractivity contribution in [3.63, 3.8) is 0 Å². The third-order valence-corrected chi connectivity index (χ3v) is 7.07. The fraction of sp³-hybridized carbons (Fsp3) is 0.682. The van der Waals surface area contributed by atoms with Crippen LogP contribution >= 0.6 is 0 Å². The van der Waals surface area contributed by atoms with Gasteiger partial charge < -0.3 is 15.0 Å². The Kier molecular flexibility index (Phi) is 5.21. The van der Waals surface area contributed by atoms with Crippen LogP contribution in [0.4, 0.5) is 0 Å². The molecule has 2 heterocycles. The largest absolute Gasteiger partial charge is 0.497 e. The van der Waals surface area contributed by atoms with Gasteiger partial charge in [0, 0.05) is 13.1 Å². The molecule has 1 aromatic rings. The van der Waals surface area contributed by atoms with Gasteiger partial charge in [0.05, 0.1) is 12.5 Å². The Bertz CT molecular complexity index is 608. The van der Waals surface area contributed by atoms with Gasteiger partial charge >= 0.3 is 0 Å². The van der Waals surface area contributed by atoms with Gasteiger partial charge in [-0.05, 0) is 68.3 Å². The molecule has 4 nitrogen and oxygen atoms in total. The summed E-state index contributed by atoms with van der Waals surface area (Å²) in [5, 5.41) is 3.53. The van der Waals surface area contributed by atoms with E-state index in [0.717, 1.165) is 82.3 Å². The molecular weight excluding hydrogens is 324 g/mol. The van der Waals surface area contributed by atoms with Gasteiger partial charge in [-0.25, -0.2) is 0 Å². The zero-order chi connectivity index (χ0) is 18.0. The first kappa shape index (κ1) is 17.8. The molecule has 0 spiro atoms. The predicted octanol–water partition coefficient (Wildman–Crippen LogP) is 3.36. The van der Waals surface area contributed by atoms with Crippen LogP contribution in [-0.2, 0) is 10.2 Å². The number of likely N-dealkylation sites (tertiary alicyclic amines) is 1. The summed E-state index contributed by atoms with van der Waals surface area (Å²) in [7, 11) is 1.69. The summed E-state index contributed by atoms with van der Waals surface area (Å²) in [4.78, 5) is 16.0. The van der Waals surface area contributed by atoms with Crippen LogP contribution in [0.25, 0.3) is 0 Å². The van der Waals surface area contributed by atoms with Crippen molar-refractivity contribution < 1.29 is 9.53 Å². The minimum atomic E-state index is -0.317. The van der Waals surface area contributed by atoms with Gasteiger partial charge in [-0.15, -0.1) is 0 Å². The summed E-state index contributed by atoms with van der Waals surface area (Å²) < 4.78 is 5.32. The number of carbonyl (C=O) groups excluding carboxylic acids is 1. The summed E-state index contributed by atoms with van der Waals surface area (Å²) in [6, 6.07) is 8.27. The highest BCUT2D eigenvalue weighted by Crippen LogP contribution is 2.42. The summed E-state index contributed by atoms with van der Waals surface area (Å²) >= 11 is 0. The first-order chi connectivity index (χ1) is 12.7. The maximum absolute atomic E-state index is 13.8. The quantitative estimate of drug-likeness (QED) is 0.903. The van der Waals surface area contributed by atoms with E-state index in [1.807, 2.05) is 12.1 Å². The van der Waals surface area contributed by atoms with Gasteiger partial charge in [-0.1, -0.05) is 31.4 Å². The second kappa shape index (κ2) is 7.59. The van der Waals surface area contributed by atoms with E-state index in [4.69, 9.17) is 4.74 Å². The third-order valence-electron chi connectivity index (χ3n) is 7.07. The van der Waals surface area contributed by atoms with E-state index in [1.165, 1.54) is 12.0 Å². The number of nitrogens with one attached hydrogen (secondary N) is 1. The van der Waals surface area contributed by atoms with E-state index >= 15 is 0 Å². The molecule has 2 atom stereocenters. The van der Waals surface area contributed by atoms with Crippen molar-refractivity contribution in [2.45, 2.75) is 50.4 Å². The number of rotatable bonds is 3. The fourth-order valence-electron chi connectivity index (χ4n) is 5.42. The van der Waals surface area contributed by atoms with Gasteiger partial charge in [0.25, 0.3) is 0 Å². The Morgan fingerprint density at radius 1 is 1.04 bits per heavy atom. The average molecular weight is 357 g/mol. The van der Waals surface area contributed by atoms with E-state index in [2.05, 4.69) is 22.3 Å². The molecule has 1 aromatic carbocycles. The Morgan fingerprint density at radius 2 is 1.65 bits per heavy atom. The molecule has 1 N–H and O–H groups in total. The van der Waals surface area contributed by atoms with E-state index < -0.39 is 0 Å². The van der Waals surface area contributed by atoms with Crippen molar-refractivity contribution in [2.75, 3.05) is 33.3 Å². The van der Waals surface area contributed by atoms with Crippen molar-refractivity contribution in [1.82, 2.24) is 10.2 Å². The second-order valence-corrected chi connectivity index (χ2v) is 8.42. The van der Waals surface area contributed by atoms with E-state index in [-0.39, 0.29) is 5.41 Å². The highest BCUT2D eigenvalue weighted by molar-refractivity contribution is 5.88. The van der Waals surface area contributed by atoms with Crippen molar-refractivity contribution in [1.29, 1.82) is 0 Å². The number of ether oxygens (including phenoxy) is 1.